The fourth-order valence-electron chi connectivity index (χ4n) is 1.94. The number of anilines is 1. The summed E-state index contributed by atoms with van der Waals surface area (Å²) in [6.07, 6.45) is -1.25. The Kier molecular flexibility index (Phi) is 6.94. The monoisotopic (exact) mass is 380 g/mol. The number of ketones is 1. The topological polar surface area (TPSA) is 121 Å². The van der Waals surface area contributed by atoms with Crippen LogP contribution in [-0.2, 0) is 9.59 Å². The number of alkyl halides is 2. The van der Waals surface area contributed by atoms with Gasteiger partial charge >= 0.3 is 11.9 Å². The van der Waals surface area contributed by atoms with E-state index in [2.05, 4.69) is 0 Å². The van der Waals surface area contributed by atoms with E-state index in [1.54, 1.807) is 0 Å². The first-order chi connectivity index (χ1) is 11.2. The number of rotatable bonds is 9. The molecule has 7 nitrogen and oxygen atoms in total. The third-order valence-electron chi connectivity index (χ3n) is 3.36. The van der Waals surface area contributed by atoms with Gasteiger partial charge in [-0.2, -0.15) is 0 Å². The number of nitrogens with two attached hydrogens (primary N) is 1. The number of nitrogens with zero attached hydrogens (tertiary/aromatic N) is 1. The molecular formula is C14H15Cl2FN2O5. The number of carbonyl (C=O) groups is 3. The van der Waals surface area contributed by atoms with Crippen LogP contribution in [0.4, 0.5) is 10.1 Å². The zero-order valence-electron chi connectivity index (χ0n) is 12.3. The Morgan fingerprint density at radius 2 is 1.79 bits per heavy atom. The largest absolute Gasteiger partial charge is 0.481 e. The van der Waals surface area contributed by atoms with Crippen molar-refractivity contribution >= 4 is 46.6 Å². The molecule has 1 rings (SSSR count). The van der Waals surface area contributed by atoms with Crippen LogP contribution < -0.4 is 10.6 Å². The van der Waals surface area contributed by atoms with Gasteiger partial charge in [-0.25, -0.2) is 9.18 Å². The summed E-state index contributed by atoms with van der Waals surface area (Å²) in [6.45, 7) is 0. The van der Waals surface area contributed by atoms with Crippen LogP contribution in [0.1, 0.15) is 23.2 Å². The molecule has 0 amide bonds. The van der Waals surface area contributed by atoms with Crippen molar-refractivity contribution in [2.24, 2.45) is 5.73 Å². The van der Waals surface area contributed by atoms with Crippen LogP contribution in [-0.4, -0.2) is 45.5 Å². The van der Waals surface area contributed by atoms with Crippen LogP contribution in [0.5, 0.6) is 0 Å². The van der Waals surface area contributed by atoms with Crippen molar-refractivity contribution in [1.29, 1.82) is 0 Å². The minimum atomic E-state index is -2.47. The van der Waals surface area contributed by atoms with Crippen molar-refractivity contribution in [3.63, 3.8) is 0 Å². The predicted molar refractivity (Wildman–Crippen MR) is 86.1 cm³/mol. The standard InChI is InChI=1S/C14H15Cl2FN2O5/c15-6-19(7-16)10-2-1-8(5-9(10)17)12(22)14(18,13(23)24)4-3-11(20)21/h1-2,5H,3-4,6-7,18H2,(H,20,21)(H,23,24)/t14-/m1/s1. The summed E-state index contributed by atoms with van der Waals surface area (Å²) in [6, 6.07) is 3.02. The molecule has 1 atom stereocenters. The van der Waals surface area contributed by atoms with Gasteiger partial charge < -0.3 is 20.8 Å². The van der Waals surface area contributed by atoms with Crippen molar-refractivity contribution < 1.29 is 29.0 Å². The molecule has 1 aromatic rings. The van der Waals surface area contributed by atoms with Gasteiger partial charge in [0.05, 0.1) is 17.7 Å². The lowest BCUT2D eigenvalue weighted by Gasteiger charge is -2.23. The van der Waals surface area contributed by atoms with E-state index in [4.69, 9.17) is 34.0 Å². The number of halogens is 3. The Morgan fingerprint density at radius 3 is 2.21 bits per heavy atom. The molecule has 0 aliphatic carbocycles. The lowest BCUT2D eigenvalue weighted by molar-refractivity contribution is -0.142. The highest BCUT2D eigenvalue weighted by Crippen LogP contribution is 2.25. The number of carbonyl (C=O) groups excluding carboxylic acids is 1. The summed E-state index contributed by atoms with van der Waals surface area (Å²) < 4.78 is 14.1. The highest BCUT2D eigenvalue weighted by molar-refractivity contribution is 6.22. The van der Waals surface area contributed by atoms with E-state index >= 15 is 0 Å². The van der Waals surface area contributed by atoms with Crippen LogP contribution in [0, 0.1) is 5.82 Å². The van der Waals surface area contributed by atoms with Gasteiger partial charge in [0, 0.05) is 12.0 Å². The van der Waals surface area contributed by atoms with Gasteiger partial charge in [0.15, 0.2) is 11.3 Å². The Hall–Kier alpha value is -1.90. The second kappa shape index (κ2) is 8.27. The maximum atomic E-state index is 14.1. The number of hydrogen-bond acceptors (Lipinski definition) is 5. The zero-order valence-corrected chi connectivity index (χ0v) is 13.8. The molecule has 0 unspecified atom stereocenters. The predicted octanol–water partition coefficient (Wildman–Crippen LogP) is 1.85. The maximum absolute atomic E-state index is 14.1. The summed E-state index contributed by atoms with van der Waals surface area (Å²) in [5.74, 6) is -4.93. The molecule has 0 radical (unpaired) electrons. The fraction of sp³-hybridized carbons (Fsp3) is 0.357. The van der Waals surface area contributed by atoms with Gasteiger partial charge in [0.2, 0.25) is 0 Å². The van der Waals surface area contributed by atoms with Gasteiger partial charge in [-0.1, -0.05) is 0 Å². The second-order valence-corrected chi connectivity index (χ2v) is 5.42. The Labute approximate surface area is 146 Å². The first-order valence-corrected chi connectivity index (χ1v) is 7.69. The smallest absolute Gasteiger partial charge is 0.331 e. The first kappa shape index (κ1) is 20.1. The molecule has 0 saturated heterocycles. The quantitative estimate of drug-likeness (QED) is 0.258. The molecule has 0 heterocycles. The van der Waals surface area contributed by atoms with Crippen molar-refractivity contribution in [3.05, 3.63) is 29.6 Å². The van der Waals surface area contributed by atoms with E-state index in [0.29, 0.717) is 0 Å². The Balaban J connectivity index is 3.18. The summed E-state index contributed by atoms with van der Waals surface area (Å²) >= 11 is 11.2. The van der Waals surface area contributed by atoms with Crippen molar-refractivity contribution in [1.82, 2.24) is 0 Å². The lowest BCUT2D eigenvalue weighted by Crippen LogP contribution is -2.55. The van der Waals surface area contributed by atoms with Gasteiger partial charge in [-0.05, 0) is 24.6 Å². The number of carboxylic acids is 2. The molecule has 132 valence electrons. The molecular weight excluding hydrogens is 366 g/mol. The first-order valence-electron chi connectivity index (χ1n) is 6.62. The van der Waals surface area contributed by atoms with Gasteiger partial charge in [0.25, 0.3) is 0 Å². The SMILES string of the molecule is N[C@@](CCC(=O)O)(C(=O)O)C(=O)c1ccc(N(CCl)CCl)c(F)c1. The highest BCUT2D eigenvalue weighted by Gasteiger charge is 2.43. The molecule has 4 N–H and O–H groups in total. The van der Waals surface area contributed by atoms with Crippen LogP contribution in [0.15, 0.2) is 18.2 Å². The number of carboxylic acid groups (broad SMARTS) is 2. The summed E-state index contributed by atoms with van der Waals surface area (Å²) in [7, 11) is 0. The third-order valence-corrected chi connectivity index (χ3v) is 3.94. The van der Waals surface area contributed by atoms with Gasteiger partial charge in [-0.3, -0.25) is 9.59 Å². The molecule has 0 aliphatic heterocycles. The van der Waals surface area contributed by atoms with Crippen molar-refractivity contribution in [2.75, 3.05) is 16.9 Å². The summed E-state index contributed by atoms with van der Waals surface area (Å²) in [4.78, 5) is 35.6. The van der Waals surface area contributed by atoms with E-state index in [0.717, 1.165) is 6.07 Å². The molecule has 0 spiro atoms. The van der Waals surface area contributed by atoms with Gasteiger partial charge in [-0.15, -0.1) is 23.2 Å². The van der Waals surface area contributed by atoms with E-state index in [9.17, 15) is 23.9 Å². The number of hydrogen-bond donors (Lipinski definition) is 3. The Morgan fingerprint density at radius 1 is 1.21 bits per heavy atom. The van der Waals surface area contributed by atoms with Crippen LogP contribution in [0.2, 0.25) is 0 Å². The lowest BCUT2D eigenvalue weighted by atomic mass is 9.86. The van der Waals surface area contributed by atoms with Crippen LogP contribution in [0.25, 0.3) is 0 Å². The molecule has 0 aliphatic rings. The van der Waals surface area contributed by atoms with Crippen molar-refractivity contribution in [3.8, 4) is 0 Å². The molecule has 0 saturated carbocycles. The summed E-state index contributed by atoms with van der Waals surface area (Å²) in [5.41, 5.74) is 2.84. The van der Waals surface area contributed by atoms with Gasteiger partial charge in [0.1, 0.15) is 5.82 Å². The van der Waals surface area contributed by atoms with E-state index in [1.807, 2.05) is 0 Å². The van der Waals surface area contributed by atoms with Crippen molar-refractivity contribution in [2.45, 2.75) is 18.4 Å². The molecule has 0 bridgehead atoms. The minimum absolute atomic E-state index is 0.0278. The van der Waals surface area contributed by atoms with E-state index < -0.39 is 41.9 Å². The molecule has 10 heteroatoms. The molecule has 24 heavy (non-hydrogen) atoms. The van der Waals surface area contributed by atoms with E-state index in [-0.39, 0.29) is 23.3 Å². The minimum Gasteiger partial charge on any atom is -0.481 e. The number of Topliss-reactive ketones (excluding diaryl/α,β-unsaturated/α-hetero) is 1. The number of benzene rings is 1. The third kappa shape index (κ3) is 4.34. The van der Waals surface area contributed by atoms with Crippen LogP contribution >= 0.6 is 23.2 Å². The number of aliphatic carboxylic acids is 2. The maximum Gasteiger partial charge on any atom is 0.331 e. The zero-order chi connectivity index (χ0) is 18.5. The summed E-state index contributed by atoms with van der Waals surface area (Å²) in [5, 5.41) is 17.8. The average Bonchev–Trinajstić information content (AvgIpc) is 2.54. The molecule has 0 fully saturated rings. The molecule has 0 aromatic heterocycles. The normalized spacial score (nSPS) is 13.2. The average molecular weight is 381 g/mol. The van der Waals surface area contributed by atoms with E-state index in [1.165, 1.54) is 17.0 Å². The molecule has 1 aromatic carbocycles. The highest BCUT2D eigenvalue weighted by atomic mass is 35.5. The van der Waals surface area contributed by atoms with Crippen LogP contribution in [0.3, 0.4) is 0 Å². The Bertz CT molecular complexity index is 654. The fourth-order valence-corrected chi connectivity index (χ4v) is 2.46. The second-order valence-electron chi connectivity index (χ2n) is 4.94.